The van der Waals surface area contributed by atoms with Gasteiger partial charge in [0.05, 0.1) is 11.6 Å². The number of rotatable bonds is 3. The SMILES string of the molecule is Cc1ccc(C(N)Cn2c(=O)oc3ccccc32)s1. The smallest absolute Gasteiger partial charge is 0.408 e. The molecule has 0 saturated heterocycles. The van der Waals surface area contributed by atoms with Crippen LogP contribution in [0.4, 0.5) is 0 Å². The minimum absolute atomic E-state index is 0.197. The van der Waals surface area contributed by atoms with Crippen molar-refractivity contribution in [2.75, 3.05) is 0 Å². The van der Waals surface area contributed by atoms with Crippen molar-refractivity contribution in [1.29, 1.82) is 0 Å². The molecule has 19 heavy (non-hydrogen) atoms. The molecular formula is C14H14N2O2S. The van der Waals surface area contributed by atoms with Crippen molar-refractivity contribution >= 4 is 22.4 Å². The van der Waals surface area contributed by atoms with E-state index >= 15 is 0 Å². The van der Waals surface area contributed by atoms with E-state index in [2.05, 4.69) is 0 Å². The Balaban J connectivity index is 1.97. The van der Waals surface area contributed by atoms with E-state index in [9.17, 15) is 4.79 Å². The normalized spacial score (nSPS) is 12.9. The number of benzene rings is 1. The van der Waals surface area contributed by atoms with Gasteiger partial charge in [-0.3, -0.25) is 4.57 Å². The Morgan fingerprint density at radius 2 is 2.11 bits per heavy atom. The third-order valence-electron chi connectivity index (χ3n) is 3.08. The largest absolute Gasteiger partial charge is 0.420 e. The van der Waals surface area contributed by atoms with Crippen LogP contribution in [0.5, 0.6) is 0 Å². The van der Waals surface area contributed by atoms with E-state index in [1.54, 1.807) is 22.0 Å². The number of hydrogen-bond donors (Lipinski definition) is 1. The predicted octanol–water partition coefficient (Wildman–Crippen LogP) is 2.66. The highest BCUT2D eigenvalue weighted by molar-refractivity contribution is 7.12. The maximum atomic E-state index is 11.9. The molecule has 0 saturated carbocycles. The lowest BCUT2D eigenvalue weighted by atomic mass is 10.2. The van der Waals surface area contributed by atoms with E-state index in [1.165, 1.54) is 4.88 Å². The molecule has 3 rings (SSSR count). The van der Waals surface area contributed by atoms with Gasteiger partial charge in [-0.05, 0) is 31.2 Å². The van der Waals surface area contributed by atoms with Crippen LogP contribution in [0.1, 0.15) is 15.8 Å². The van der Waals surface area contributed by atoms with E-state index in [0.29, 0.717) is 12.1 Å². The molecule has 0 amide bonds. The second-order valence-electron chi connectivity index (χ2n) is 4.50. The van der Waals surface area contributed by atoms with Crippen molar-refractivity contribution in [2.45, 2.75) is 19.5 Å². The lowest BCUT2D eigenvalue weighted by molar-refractivity contribution is 0.482. The monoisotopic (exact) mass is 274 g/mol. The molecule has 0 aliphatic rings. The number of aryl methyl sites for hydroxylation is 1. The molecule has 4 nitrogen and oxygen atoms in total. The number of para-hydroxylation sites is 2. The first-order chi connectivity index (χ1) is 9.15. The maximum Gasteiger partial charge on any atom is 0.420 e. The molecule has 1 aromatic carbocycles. The fraction of sp³-hybridized carbons (Fsp3) is 0.214. The maximum absolute atomic E-state index is 11.9. The van der Waals surface area contributed by atoms with Gasteiger partial charge in [0.1, 0.15) is 0 Å². The highest BCUT2D eigenvalue weighted by atomic mass is 32.1. The molecule has 5 heteroatoms. The van der Waals surface area contributed by atoms with E-state index in [-0.39, 0.29) is 11.8 Å². The summed E-state index contributed by atoms with van der Waals surface area (Å²) in [5.41, 5.74) is 7.56. The molecule has 2 aromatic heterocycles. The summed E-state index contributed by atoms with van der Waals surface area (Å²) in [4.78, 5) is 14.2. The standard InChI is InChI=1S/C14H14N2O2S/c1-9-6-7-13(19-9)10(15)8-16-11-4-2-3-5-12(11)18-14(16)17/h2-7,10H,8,15H2,1H3. The van der Waals surface area contributed by atoms with Crippen LogP contribution < -0.4 is 11.5 Å². The van der Waals surface area contributed by atoms with Crippen LogP contribution in [-0.4, -0.2) is 4.57 Å². The van der Waals surface area contributed by atoms with Gasteiger partial charge in [0, 0.05) is 16.3 Å². The van der Waals surface area contributed by atoms with E-state index < -0.39 is 0 Å². The van der Waals surface area contributed by atoms with Crippen molar-refractivity contribution in [3.05, 3.63) is 56.7 Å². The number of fused-ring (bicyclic) bond motifs is 1. The van der Waals surface area contributed by atoms with Crippen molar-refractivity contribution < 1.29 is 4.42 Å². The zero-order valence-corrected chi connectivity index (χ0v) is 11.3. The van der Waals surface area contributed by atoms with E-state index in [0.717, 1.165) is 10.4 Å². The second-order valence-corrected chi connectivity index (χ2v) is 5.82. The Bertz CT molecular complexity index is 769. The minimum Gasteiger partial charge on any atom is -0.408 e. The Labute approximate surface area is 114 Å². The van der Waals surface area contributed by atoms with Gasteiger partial charge in [-0.15, -0.1) is 11.3 Å². The third kappa shape index (κ3) is 2.22. The van der Waals surface area contributed by atoms with E-state index in [1.807, 2.05) is 37.3 Å². The molecular weight excluding hydrogens is 260 g/mol. The number of hydrogen-bond acceptors (Lipinski definition) is 4. The van der Waals surface area contributed by atoms with Crippen LogP contribution >= 0.6 is 11.3 Å². The van der Waals surface area contributed by atoms with Crippen molar-refractivity contribution in [3.63, 3.8) is 0 Å². The quantitative estimate of drug-likeness (QED) is 0.798. The summed E-state index contributed by atoms with van der Waals surface area (Å²) in [5, 5.41) is 0. The molecule has 2 heterocycles. The second kappa shape index (κ2) is 4.68. The summed E-state index contributed by atoms with van der Waals surface area (Å²) in [6.45, 7) is 2.47. The van der Waals surface area contributed by atoms with Gasteiger partial charge in [-0.2, -0.15) is 0 Å². The van der Waals surface area contributed by atoms with Crippen LogP contribution in [0.2, 0.25) is 0 Å². The van der Waals surface area contributed by atoms with Crippen LogP contribution in [0.15, 0.2) is 45.6 Å². The van der Waals surface area contributed by atoms with Crippen LogP contribution in [0, 0.1) is 6.92 Å². The zero-order chi connectivity index (χ0) is 13.4. The number of nitrogens with two attached hydrogens (primary N) is 1. The molecule has 0 spiro atoms. The zero-order valence-electron chi connectivity index (χ0n) is 10.5. The third-order valence-corrected chi connectivity index (χ3v) is 4.21. The van der Waals surface area contributed by atoms with Crippen LogP contribution in [0.3, 0.4) is 0 Å². The lowest BCUT2D eigenvalue weighted by Gasteiger charge is -2.09. The molecule has 98 valence electrons. The molecule has 0 aliphatic carbocycles. The van der Waals surface area contributed by atoms with Crippen molar-refractivity contribution in [2.24, 2.45) is 5.73 Å². The van der Waals surface area contributed by atoms with Gasteiger partial charge in [-0.25, -0.2) is 4.79 Å². The summed E-state index contributed by atoms with van der Waals surface area (Å²) in [6, 6.07) is 11.2. The number of thiophene rings is 1. The molecule has 0 bridgehead atoms. The average molecular weight is 274 g/mol. The number of aromatic nitrogens is 1. The average Bonchev–Trinajstić information content (AvgIpc) is 2.95. The first-order valence-corrected chi connectivity index (χ1v) is 6.87. The molecule has 3 aromatic rings. The number of nitrogens with zero attached hydrogens (tertiary/aromatic N) is 1. The number of oxazole rings is 1. The van der Waals surface area contributed by atoms with Crippen LogP contribution in [0.25, 0.3) is 11.1 Å². The van der Waals surface area contributed by atoms with Gasteiger partial charge in [-0.1, -0.05) is 12.1 Å². The Kier molecular flexibility index (Phi) is 3.00. The van der Waals surface area contributed by atoms with Crippen molar-refractivity contribution in [1.82, 2.24) is 4.57 Å². The Morgan fingerprint density at radius 3 is 2.84 bits per heavy atom. The summed E-state index contributed by atoms with van der Waals surface area (Å²) >= 11 is 1.66. The van der Waals surface area contributed by atoms with Gasteiger partial charge in [0.15, 0.2) is 5.58 Å². The van der Waals surface area contributed by atoms with Gasteiger partial charge >= 0.3 is 5.76 Å². The Hall–Kier alpha value is -1.85. The first-order valence-electron chi connectivity index (χ1n) is 6.05. The van der Waals surface area contributed by atoms with Gasteiger partial charge in [0.25, 0.3) is 0 Å². The van der Waals surface area contributed by atoms with E-state index in [4.69, 9.17) is 10.2 Å². The van der Waals surface area contributed by atoms with Gasteiger partial charge < -0.3 is 10.2 Å². The summed E-state index contributed by atoms with van der Waals surface area (Å²) in [7, 11) is 0. The molecule has 0 radical (unpaired) electrons. The highest BCUT2D eigenvalue weighted by Gasteiger charge is 2.14. The summed E-state index contributed by atoms with van der Waals surface area (Å²) in [6.07, 6.45) is 0. The highest BCUT2D eigenvalue weighted by Crippen LogP contribution is 2.23. The molecule has 1 unspecified atom stereocenters. The Morgan fingerprint density at radius 1 is 1.32 bits per heavy atom. The van der Waals surface area contributed by atoms with Crippen molar-refractivity contribution in [3.8, 4) is 0 Å². The molecule has 0 aliphatic heterocycles. The topological polar surface area (TPSA) is 61.2 Å². The minimum atomic E-state index is -0.357. The molecule has 2 N–H and O–H groups in total. The molecule has 0 fully saturated rings. The summed E-state index contributed by atoms with van der Waals surface area (Å²) < 4.78 is 6.79. The molecule has 1 atom stereocenters. The first kappa shape index (κ1) is 12.2. The summed E-state index contributed by atoms with van der Waals surface area (Å²) in [5.74, 6) is -0.357. The fourth-order valence-corrected chi connectivity index (χ4v) is 3.00. The van der Waals surface area contributed by atoms with Gasteiger partial charge in [0.2, 0.25) is 0 Å². The van der Waals surface area contributed by atoms with Crippen LogP contribution in [-0.2, 0) is 6.54 Å². The fourth-order valence-electron chi connectivity index (χ4n) is 2.13. The predicted molar refractivity (Wildman–Crippen MR) is 76.5 cm³/mol. The lowest BCUT2D eigenvalue weighted by Crippen LogP contribution is -2.23.